The van der Waals surface area contributed by atoms with Crippen LogP contribution in [0.3, 0.4) is 0 Å². The first-order chi connectivity index (χ1) is 15.1. The Balaban J connectivity index is 1.28. The first-order valence-electron chi connectivity index (χ1n) is 10.2. The minimum Gasteiger partial charge on any atom is -0.432 e. The smallest absolute Gasteiger partial charge is 0.246 e. The third kappa shape index (κ3) is 3.92. The molecule has 3 aromatic rings. The summed E-state index contributed by atoms with van der Waals surface area (Å²) < 4.78 is 18.8. The fourth-order valence-corrected chi connectivity index (χ4v) is 4.01. The molecule has 1 aliphatic heterocycles. The maximum atomic E-state index is 13.2. The van der Waals surface area contributed by atoms with Gasteiger partial charge in [-0.2, -0.15) is 0 Å². The van der Waals surface area contributed by atoms with Gasteiger partial charge in [0.25, 0.3) is 0 Å². The van der Waals surface area contributed by atoms with E-state index in [-0.39, 0.29) is 34.9 Å². The van der Waals surface area contributed by atoms with Crippen molar-refractivity contribution in [3.63, 3.8) is 0 Å². The highest BCUT2D eigenvalue weighted by Gasteiger charge is 2.34. The largest absolute Gasteiger partial charge is 0.432 e. The van der Waals surface area contributed by atoms with Crippen LogP contribution in [0, 0.1) is 5.82 Å². The fraction of sp³-hybridized carbons (Fsp3) is 0.208. The van der Waals surface area contributed by atoms with Gasteiger partial charge in [0, 0.05) is 37.3 Å². The molecule has 156 valence electrons. The Morgan fingerprint density at radius 2 is 1.87 bits per heavy atom. The maximum Gasteiger partial charge on any atom is 0.246 e. The zero-order valence-electron chi connectivity index (χ0n) is 16.7. The molecule has 2 aliphatic rings. The Morgan fingerprint density at radius 1 is 1.10 bits per heavy atom. The summed E-state index contributed by atoms with van der Waals surface area (Å²) in [6.45, 7) is 2.53. The number of nitrogens with zero attached hydrogens (tertiary/aromatic N) is 2. The maximum absolute atomic E-state index is 13.2. The Morgan fingerprint density at radius 3 is 2.65 bits per heavy atom. The van der Waals surface area contributed by atoms with Crippen LogP contribution in [-0.4, -0.2) is 40.6 Å². The zero-order chi connectivity index (χ0) is 21.4. The molecule has 1 aromatic heterocycles. The van der Waals surface area contributed by atoms with Gasteiger partial charge < -0.3 is 9.73 Å². The second-order valence-electron chi connectivity index (χ2n) is 7.81. The van der Waals surface area contributed by atoms with Gasteiger partial charge in [-0.1, -0.05) is 30.3 Å². The predicted molar refractivity (Wildman–Crippen MR) is 112 cm³/mol. The first kappa shape index (κ1) is 19.4. The van der Waals surface area contributed by atoms with E-state index >= 15 is 0 Å². The number of fused-ring (bicyclic) bond motifs is 1. The summed E-state index contributed by atoms with van der Waals surface area (Å²) in [7, 11) is 0. The molecule has 0 amide bonds. The van der Waals surface area contributed by atoms with Crippen molar-refractivity contribution < 1.29 is 18.4 Å². The summed E-state index contributed by atoms with van der Waals surface area (Å²) in [5, 5.41) is 3.22. The molecule has 5 rings (SSSR count). The summed E-state index contributed by atoms with van der Waals surface area (Å²) in [5.41, 5.74) is 1.96. The second kappa shape index (κ2) is 7.92. The predicted octanol–water partition coefficient (Wildman–Crippen LogP) is 3.61. The Kier molecular flexibility index (Phi) is 4.95. The normalized spacial score (nSPS) is 18.7. The molecular formula is C24H20FN3O3. The zero-order valence-corrected chi connectivity index (χ0v) is 16.7. The van der Waals surface area contributed by atoms with Crippen molar-refractivity contribution in [2.24, 2.45) is 0 Å². The molecule has 1 atom stereocenters. The van der Waals surface area contributed by atoms with Crippen LogP contribution in [0.4, 0.5) is 4.39 Å². The van der Waals surface area contributed by atoms with Gasteiger partial charge in [-0.3, -0.25) is 14.5 Å². The van der Waals surface area contributed by atoms with E-state index in [1.165, 1.54) is 35.9 Å². The molecule has 31 heavy (non-hydrogen) atoms. The van der Waals surface area contributed by atoms with Crippen molar-refractivity contribution >= 4 is 11.6 Å². The number of benzene rings is 2. The fourth-order valence-electron chi connectivity index (χ4n) is 4.01. The molecule has 1 fully saturated rings. The standard InChI is InChI=1S/C24H20FN3O3/c25-17-8-6-16(7-9-17)24-27-21-20(29)12-19(22(30)23(21)31-24)26-18-10-11-28(14-18)13-15-4-2-1-3-5-15/h1-9,12,18,26H,10-11,13-14H2. The van der Waals surface area contributed by atoms with Crippen LogP contribution in [0.2, 0.25) is 0 Å². The Hall–Kier alpha value is -3.58. The van der Waals surface area contributed by atoms with Crippen molar-refractivity contribution in [3.05, 3.63) is 89.2 Å². The average Bonchev–Trinajstić information content (AvgIpc) is 3.41. The highest BCUT2D eigenvalue weighted by atomic mass is 19.1. The van der Waals surface area contributed by atoms with Crippen LogP contribution in [0.25, 0.3) is 11.5 Å². The number of carbonyl (C=O) groups excluding carboxylic acids is 2. The highest BCUT2D eigenvalue weighted by molar-refractivity contribution is 6.22. The van der Waals surface area contributed by atoms with Gasteiger partial charge in [0.15, 0.2) is 5.69 Å². The van der Waals surface area contributed by atoms with E-state index in [1.54, 1.807) is 0 Å². The van der Waals surface area contributed by atoms with Gasteiger partial charge >= 0.3 is 0 Å². The van der Waals surface area contributed by atoms with E-state index in [4.69, 9.17) is 4.42 Å². The number of nitrogens with one attached hydrogen (secondary N) is 1. The molecule has 1 saturated heterocycles. The molecule has 1 aliphatic carbocycles. The summed E-state index contributed by atoms with van der Waals surface area (Å²) in [5.74, 6) is -1.12. The Bertz CT molecular complexity index is 1170. The van der Waals surface area contributed by atoms with Gasteiger partial charge in [0.05, 0.1) is 5.70 Å². The van der Waals surface area contributed by atoms with Gasteiger partial charge in [-0.15, -0.1) is 0 Å². The molecule has 6 nitrogen and oxygen atoms in total. The average molecular weight is 417 g/mol. The first-order valence-corrected chi connectivity index (χ1v) is 10.2. The number of hydrogen-bond donors (Lipinski definition) is 1. The van der Waals surface area contributed by atoms with E-state index in [9.17, 15) is 14.0 Å². The van der Waals surface area contributed by atoms with Gasteiger partial charge in [-0.05, 0) is 36.2 Å². The lowest BCUT2D eigenvalue weighted by atomic mass is 10.0. The summed E-state index contributed by atoms with van der Waals surface area (Å²) in [4.78, 5) is 32.0. The lowest BCUT2D eigenvalue weighted by molar-refractivity contribution is 0.0954. The number of rotatable bonds is 5. The molecule has 0 radical (unpaired) electrons. The van der Waals surface area contributed by atoms with Crippen molar-refractivity contribution in [2.75, 3.05) is 13.1 Å². The van der Waals surface area contributed by atoms with Crippen LogP contribution < -0.4 is 5.32 Å². The minimum absolute atomic E-state index is 0.00741. The topological polar surface area (TPSA) is 75.4 Å². The number of halogens is 1. The number of hydrogen-bond acceptors (Lipinski definition) is 6. The molecule has 7 heteroatoms. The molecular weight excluding hydrogens is 397 g/mol. The minimum atomic E-state index is -0.392. The van der Waals surface area contributed by atoms with Crippen molar-refractivity contribution in [3.8, 4) is 11.5 Å². The van der Waals surface area contributed by atoms with E-state index in [1.807, 2.05) is 18.2 Å². The molecule has 0 spiro atoms. The van der Waals surface area contributed by atoms with E-state index in [2.05, 4.69) is 27.3 Å². The highest BCUT2D eigenvalue weighted by Crippen LogP contribution is 2.27. The van der Waals surface area contributed by atoms with Gasteiger partial charge in [-0.25, -0.2) is 9.37 Å². The number of aromatic nitrogens is 1. The number of likely N-dealkylation sites (tertiary alicyclic amines) is 1. The molecule has 0 bridgehead atoms. The van der Waals surface area contributed by atoms with Gasteiger partial charge in [0.1, 0.15) is 5.82 Å². The van der Waals surface area contributed by atoms with Crippen molar-refractivity contribution in [1.29, 1.82) is 0 Å². The molecule has 1 N–H and O–H groups in total. The molecule has 0 saturated carbocycles. The van der Waals surface area contributed by atoms with Gasteiger partial charge in [0.2, 0.25) is 23.2 Å². The number of Topliss-reactive ketones (excluding diaryl/α,β-unsaturated/α-hetero) is 1. The Labute approximate surface area is 178 Å². The summed E-state index contributed by atoms with van der Waals surface area (Å²) >= 11 is 0. The number of allylic oxidation sites excluding steroid dienone is 2. The lowest BCUT2D eigenvalue weighted by Crippen LogP contribution is -2.36. The quantitative estimate of drug-likeness (QED) is 0.684. The third-order valence-corrected chi connectivity index (χ3v) is 5.56. The lowest BCUT2D eigenvalue weighted by Gasteiger charge is -2.19. The molecule has 1 unspecified atom stereocenters. The second-order valence-corrected chi connectivity index (χ2v) is 7.81. The number of ketones is 2. The molecule has 2 heterocycles. The molecule has 2 aromatic carbocycles. The third-order valence-electron chi connectivity index (χ3n) is 5.56. The van der Waals surface area contributed by atoms with Crippen molar-refractivity contribution in [1.82, 2.24) is 15.2 Å². The monoisotopic (exact) mass is 417 g/mol. The van der Waals surface area contributed by atoms with Crippen molar-refractivity contribution in [2.45, 2.75) is 19.0 Å². The van der Waals surface area contributed by atoms with Crippen LogP contribution in [0.5, 0.6) is 0 Å². The summed E-state index contributed by atoms with van der Waals surface area (Å²) in [6, 6.07) is 15.8. The van der Waals surface area contributed by atoms with Crippen LogP contribution in [0.1, 0.15) is 33.0 Å². The van der Waals surface area contributed by atoms with E-state index < -0.39 is 11.6 Å². The SMILES string of the molecule is O=C1C=C(NC2CCN(Cc3ccccc3)C2)C(=O)c2oc(-c3ccc(F)cc3)nc21. The summed E-state index contributed by atoms with van der Waals surface area (Å²) in [6.07, 6.45) is 2.16. The van der Waals surface area contributed by atoms with E-state index in [0.29, 0.717) is 5.56 Å². The van der Waals surface area contributed by atoms with Crippen LogP contribution >= 0.6 is 0 Å². The van der Waals surface area contributed by atoms with Crippen LogP contribution in [-0.2, 0) is 6.54 Å². The van der Waals surface area contributed by atoms with E-state index in [0.717, 1.165) is 26.1 Å². The number of carbonyl (C=O) groups is 2. The number of oxazole rings is 1. The van der Waals surface area contributed by atoms with Crippen LogP contribution in [0.15, 0.2) is 70.8 Å².